The van der Waals surface area contributed by atoms with Gasteiger partial charge in [0, 0.05) is 18.8 Å². The molecule has 1 aromatic rings. The molecule has 0 spiro atoms. The van der Waals surface area contributed by atoms with E-state index in [9.17, 15) is 4.79 Å². The Kier molecular flexibility index (Phi) is 2.68. The van der Waals surface area contributed by atoms with Gasteiger partial charge in [-0.25, -0.2) is 4.79 Å². The van der Waals surface area contributed by atoms with Crippen LogP contribution in [0.4, 0.5) is 0 Å². The summed E-state index contributed by atoms with van der Waals surface area (Å²) in [6.45, 7) is 2.34. The van der Waals surface area contributed by atoms with Gasteiger partial charge in [0.15, 0.2) is 6.61 Å². The second kappa shape index (κ2) is 3.75. The molecule has 5 nitrogen and oxygen atoms in total. The van der Waals surface area contributed by atoms with E-state index in [0.29, 0.717) is 5.88 Å². The molecule has 0 bridgehead atoms. The zero-order valence-corrected chi connectivity index (χ0v) is 6.73. The van der Waals surface area contributed by atoms with Crippen molar-refractivity contribution in [3.05, 3.63) is 12.3 Å². The lowest BCUT2D eigenvalue weighted by Gasteiger charge is -1.96. The predicted octanol–water partition coefficient (Wildman–Crippen LogP) is 0.366. The summed E-state index contributed by atoms with van der Waals surface area (Å²) in [7, 11) is 0. The number of rotatable bonds is 4. The molecule has 0 unspecified atom stereocenters. The van der Waals surface area contributed by atoms with Gasteiger partial charge in [0.25, 0.3) is 0 Å². The molecule has 1 aromatic heterocycles. The van der Waals surface area contributed by atoms with Crippen LogP contribution in [0.2, 0.25) is 0 Å². The minimum absolute atomic E-state index is 0.347. The van der Waals surface area contributed by atoms with Crippen LogP contribution in [0.25, 0.3) is 0 Å². The molecule has 0 fully saturated rings. The summed E-state index contributed by atoms with van der Waals surface area (Å²) in [5.41, 5.74) is 0. The molecule has 0 radical (unpaired) electrons. The van der Waals surface area contributed by atoms with Gasteiger partial charge < -0.3 is 9.84 Å². The normalized spacial score (nSPS) is 9.75. The fourth-order valence-electron chi connectivity index (χ4n) is 0.732. The van der Waals surface area contributed by atoms with Crippen LogP contribution in [-0.4, -0.2) is 27.5 Å². The van der Waals surface area contributed by atoms with Gasteiger partial charge in [0.05, 0.1) is 0 Å². The first kappa shape index (κ1) is 8.58. The molecule has 1 heterocycles. The third kappa shape index (κ3) is 2.26. The van der Waals surface area contributed by atoms with Crippen LogP contribution in [0.3, 0.4) is 0 Å². The lowest BCUT2D eigenvalue weighted by atomic mass is 10.6. The van der Waals surface area contributed by atoms with Crippen LogP contribution in [0.5, 0.6) is 5.88 Å². The summed E-state index contributed by atoms with van der Waals surface area (Å²) in [5.74, 6) is -0.653. The Balaban J connectivity index is 2.47. The van der Waals surface area contributed by atoms with Crippen LogP contribution in [0.1, 0.15) is 6.92 Å². The number of carbonyl (C=O) groups is 1. The van der Waals surface area contributed by atoms with Crippen LogP contribution in [-0.2, 0) is 11.3 Å². The Morgan fingerprint density at radius 1 is 1.83 bits per heavy atom. The highest BCUT2D eigenvalue weighted by Gasteiger charge is 2.01. The minimum Gasteiger partial charge on any atom is -0.479 e. The third-order valence-electron chi connectivity index (χ3n) is 1.28. The molecule has 0 saturated heterocycles. The Labute approximate surface area is 69.6 Å². The van der Waals surface area contributed by atoms with Gasteiger partial charge >= 0.3 is 5.97 Å². The molecule has 0 atom stereocenters. The molecular formula is C7H10N2O3. The van der Waals surface area contributed by atoms with E-state index in [2.05, 4.69) is 5.10 Å². The molecule has 0 aliphatic rings. The number of ether oxygens (including phenoxy) is 1. The molecule has 0 aliphatic carbocycles. The Morgan fingerprint density at radius 2 is 2.58 bits per heavy atom. The Morgan fingerprint density at radius 3 is 3.08 bits per heavy atom. The van der Waals surface area contributed by atoms with Gasteiger partial charge in [0.1, 0.15) is 0 Å². The van der Waals surface area contributed by atoms with Crippen molar-refractivity contribution < 1.29 is 14.6 Å². The van der Waals surface area contributed by atoms with Gasteiger partial charge in [-0.3, -0.25) is 4.68 Å². The number of aliphatic carboxylic acids is 1. The first-order chi connectivity index (χ1) is 5.72. The maximum absolute atomic E-state index is 10.1. The van der Waals surface area contributed by atoms with Gasteiger partial charge in [-0.2, -0.15) is 0 Å². The van der Waals surface area contributed by atoms with Crippen molar-refractivity contribution in [1.82, 2.24) is 9.78 Å². The fraction of sp³-hybridized carbons (Fsp3) is 0.429. The van der Waals surface area contributed by atoms with Crippen LogP contribution in [0, 0.1) is 0 Å². The number of hydrogen-bond acceptors (Lipinski definition) is 3. The number of aryl methyl sites for hydroxylation is 1. The van der Waals surface area contributed by atoms with E-state index < -0.39 is 5.97 Å². The summed E-state index contributed by atoms with van der Waals surface area (Å²) in [5, 5.41) is 12.2. The topological polar surface area (TPSA) is 64.3 Å². The predicted molar refractivity (Wildman–Crippen MR) is 41.0 cm³/mol. The molecule has 66 valence electrons. The monoisotopic (exact) mass is 170 g/mol. The largest absolute Gasteiger partial charge is 0.479 e. The summed E-state index contributed by atoms with van der Waals surface area (Å²) in [6, 6.07) is 1.63. The minimum atomic E-state index is -0.999. The average Bonchev–Trinajstić information content (AvgIpc) is 2.48. The molecule has 1 N–H and O–H groups in total. The highest BCUT2D eigenvalue weighted by Crippen LogP contribution is 2.04. The molecule has 0 amide bonds. The van der Waals surface area contributed by atoms with E-state index in [1.807, 2.05) is 6.92 Å². The second-order valence-electron chi connectivity index (χ2n) is 2.19. The van der Waals surface area contributed by atoms with Crippen molar-refractivity contribution in [2.75, 3.05) is 6.61 Å². The molecule has 12 heavy (non-hydrogen) atoms. The number of aromatic nitrogens is 2. The lowest BCUT2D eigenvalue weighted by Crippen LogP contribution is -2.09. The van der Waals surface area contributed by atoms with Crippen molar-refractivity contribution >= 4 is 5.97 Å². The first-order valence-corrected chi connectivity index (χ1v) is 3.60. The number of hydrogen-bond donors (Lipinski definition) is 1. The van der Waals surface area contributed by atoms with Gasteiger partial charge in [-0.15, -0.1) is 5.10 Å². The first-order valence-electron chi connectivity index (χ1n) is 3.60. The lowest BCUT2D eigenvalue weighted by molar-refractivity contribution is -0.139. The van der Waals surface area contributed by atoms with Crippen molar-refractivity contribution in [3.63, 3.8) is 0 Å². The van der Waals surface area contributed by atoms with E-state index in [1.165, 1.54) is 0 Å². The highest BCUT2D eigenvalue weighted by molar-refractivity contribution is 5.68. The third-order valence-corrected chi connectivity index (χ3v) is 1.28. The molecule has 0 saturated carbocycles. The van der Waals surface area contributed by atoms with E-state index in [0.717, 1.165) is 6.54 Å². The maximum atomic E-state index is 10.1. The highest BCUT2D eigenvalue weighted by atomic mass is 16.5. The molecule has 0 aliphatic heterocycles. The zero-order chi connectivity index (χ0) is 8.97. The number of carboxylic acid groups (broad SMARTS) is 1. The zero-order valence-electron chi connectivity index (χ0n) is 6.73. The smallest absolute Gasteiger partial charge is 0.341 e. The fourth-order valence-corrected chi connectivity index (χ4v) is 0.732. The maximum Gasteiger partial charge on any atom is 0.341 e. The van der Waals surface area contributed by atoms with Crippen LogP contribution >= 0.6 is 0 Å². The Hall–Kier alpha value is -1.52. The molecular weight excluding hydrogens is 160 g/mol. The standard InChI is InChI=1S/C7H10N2O3/c1-2-9-4-3-6(8-9)12-5-7(10)11/h3-4H,2,5H2,1H3,(H,10,11). The molecule has 5 heteroatoms. The van der Waals surface area contributed by atoms with Crippen molar-refractivity contribution in [2.45, 2.75) is 13.5 Å². The van der Waals surface area contributed by atoms with Crippen LogP contribution < -0.4 is 4.74 Å². The van der Waals surface area contributed by atoms with Gasteiger partial charge in [-0.1, -0.05) is 0 Å². The second-order valence-corrected chi connectivity index (χ2v) is 2.19. The number of nitrogens with zero attached hydrogens (tertiary/aromatic N) is 2. The number of carboxylic acids is 1. The van der Waals surface area contributed by atoms with E-state index in [1.54, 1.807) is 16.9 Å². The molecule has 1 rings (SSSR count). The quantitative estimate of drug-likeness (QED) is 0.708. The van der Waals surface area contributed by atoms with E-state index in [-0.39, 0.29) is 6.61 Å². The summed E-state index contributed by atoms with van der Waals surface area (Å²) in [6.07, 6.45) is 1.73. The van der Waals surface area contributed by atoms with Gasteiger partial charge in [0.2, 0.25) is 5.88 Å². The van der Waals surface area contributed by atoms with Crippen LogP contribution in [0.15, 0.2) is 12.3 Å². The van der Waals surface area contributed by atoms with Crippen molar-refractivity contribution in [3.8, 4) is 5.88 Å². The van der Waals surface area contributed by atoms with E-state index in [4.69, 9.17) is 9.84 Å². The summed E-state index contributed by atoms with van der Waals surface area (Å²) < 4.78 is 6.48. The van der Waals surface area contributed by atoms with Crippen molar-refractivity contribution in [1.29, 1.82) is 0 Å². The summed E-state index contributed by atoms with van der Waals surface area (Å²) >= 11 is 0. The Bertz CT molecular complexity index is 269. The van der Waals surface area contributed by atoms with E-state index >= 15 is 0 Å². The average molecular weight is 170 g/mol. The SMILES string of the molecule is CCn1ccc(OCC(=O)O)n1. The van der Waals surface area contributed by atoms with Crippen molar-refractivity contribution in [2.24, 2.45) is 0 Å². The van der Waals surface area contributed by atoms with Gasteiger partial charge in [-0.05, 0) is 6.92 Å². The molecule has 0 aromatic carbocycles. The summed E-state index contributed by atoms with van der Waals surface area (Å²) in [4.78, 5) is 10.1.